The molecule has 1 spiro atoms. The minimum absolute atomic E-state index is 0.0195. The van der Waals surface area contributed by atoms with Crippen molar-refractivity contribution in [2.24, 2.45) is 0 Å². The zero-order valence-corrected chi connectivity index (χ0v) is 12.3. The van der Waals surface area contributed by atoms with Crippen LogP contribution in [0.25, 0.3) is 0 Å². The molecule has 2 saturated heterocycles. The molecule has 0 aliphatic carbocycles. The number of hydrogen-bond acceptors (Lipinski definition) is 4. The molecular weight excluding hydrogens is 244 g/mol. The second-order valence-corrected chi connectivity index (χ2v) is 6.57. The molecule has 2 heterocycles. The van der Waals surface area contributed by atoms with Crippen LogP contribution in [-0.2, 0) is 9.47 Å². The van der Waals surface area contributed by atoms with Crippen LogP contribution in [0.5, 0.6) is 0 Å². The molecule has 0 aromatic rings. The quantitative estimate of drug-likeness (QED) is 0.729. The lowest BCUT2D eigenvalue weighted by molar-refractivity contribution is 0.00460. The molecule has 5 heteroatoms. The summed E-state index contributed by atoms with van der Waals surface area (Å²) < 4.78 is 10.9. The third-order valence-electron chi connectivity index (χ3n) is 3.70. The Morgan fingerprint density at radius 2 is 2.00 bits per heavy atom. The summed E-state index contributed by atoms with van der Waals surface area (Å²) in [5.74, 6) is 0. The predicted molar refractivity (Wildman–Crippen MR) is 73.2 cm³/mol. The Morgan fingerprint density at radius 1 is 1.32 bits per heavy atom. The van der Waals surface area contributed by atoms with Crippen molar-refractivity contribution in [3.8, 4) is 0 Å². The van der Waals surface area contributed by atoms with E-state index in [2.05, 4.69) is 5.32 Å². The third-order valence-corrected chi connectivity index (χ3v) is 3.70. The Bertz CT molecular complexity index is 319. The largest absolute Gasteiger partial charge is 0.444 e. The maximum absolute atomic E-state index is 12.2. The number of carbonyl (C=O) groups is 1. The van der Waals surface area contributed by atoms with Gasteiger partial charge in [-0.25, -0.2) is 4.79 Å². The molecule has 2 rings (SSSR count). The van der Waals surface area contributed by atoms with Gasteiger partial charge in [0, 0.05) is 31.8 Å². The van der Waals surface area contributed by atoms with Crippen LogP contribution in [0, 0.1) is 0 Å². The highest BCUT2D eigenvalue weighted by atomic mass is 16.6. The average molecular weight is 270 g/mol. The summed E-state index contributed by atoms with van der Waals surface area (Å²) in [6.45, 7) is 9.72. The molecule has 2 aliphatic heterocycles. The number of hydrogen-bond donors (Lipinski definition) is 1. The Kier molecular flexibility index (Phi) is 4.36. The summed E-state index contributed by atoms with van der Waals surface area (Å²) >= 11 is 0. The molecule has 2 aliphatic rings. The molecule has 5 nitrogen and oxygen atoms in total. The van der Waals surface area contributed by atoms with Gasteiger partial charge in [-0.3, -0.25) is 0 Å². The maximum atomic E-state index is 12.2. The van der Waals surface area contributed by atoms with E-state index in [-0.39, 0.29) is 11.6 Å². The van der Waals surface area contributed by atoms with Crippen molar-refractivity contribution in [1.82, 2.24) is 10.2 Å². The van der Waals surface area contributed by atoms with Crippen LogP contribution in [0.1, 0.15) is 40.0 Å². The van der Waals surface area contributed by atoms with E-state index < -0.39 is 5.60 Å². The lowest BCUT2D eigenvalue weighted by Crippen LogP contribution is -2.55. The van der Waals surface area contributed by atoms with Crippen molar-refractivity contribution in [2.75, 3.05) is 32.8 Å². The number of carbonyl (C=O) groups excluding carboxylic acids is 1. The molecule has 0 aromatic carbocycles. The van der Waals surface area contributed by atoms with Crippen molar-refractivity contribution >= 4 is 6.09 Å². The van der Waals surface area contributed by atoms with Gasteiger partial charge < -0.3 is 19.7 Å². The minimum Gasteiger partial charge on any atom is -0.444 e. The van der Waals surface area contributed by atoms with Gasteiger partial charge in [-0.05, 0) is 46.6 Å². The second kappa shape index (κ2) is 5.67. The van der Waals surface area contributed by atoms with Gasteiger partial charge in [-0.15, -0.1) is 0 Å². The number of rotatable bonds is 0. The molecule has 0 bridgehead atoms. The van der Waals surface area contributed by atoms with E-state index in [1.807, 2.05) is 25.7 Å². The SMILES string of the molecule is CC(C)(C)OC(=O)N1CCCNC2(CCOCC2)C1. The van der Waals surface area contributed by atoms with Crippen molar-refractivity contribution < 1.29 is 14.3 Å². The monoisotopic (exact) mass is 270 g/mol. The van der Waals surface area contributed by atoms with E-state index in [1.54, 1.807) is 0 Å². The molecule has 0 unspecified atom stereocenters. The van der Waals surface area contributed by atoms with Crippen LogP contribution in [0.2, 0.25) is 0 Å². The second-order valence-electron chi connectivity index (χ2n) is 6.57. The number of amides is 1. The standard InChI is InChI=1S/C14H26N2O3/c1-13(2,3)19-12(17)16-8-4-7-15-14(11-16)5-9-18-10-6-14/h15H,4-11H2,1-3H3. The topological polar surface area (TPSA) is 50.8 Å². The highest BCUT2D eigenvalue weighted by Crippen LogP contribution is 2.25. The van der Waals surface area contributed by atoms with E-state index in [0.29, 0.717) is 0 Å². The zero-order chi connectivity index (χ0) is 13.9. The number of nitrogens with one attached hydrogen (secondary N) is 1. The van der Waals surface area contributed by atoms with E-state index in [4.69, 9.17) is 9.47 Å². The van der Waals surface area contributed by atoms with Gasteiger partial charge in [0.15, 0.2) is 0 Å². The van der Waals surface area contributed by atoms with Crippen molar-refractivity contribution in [3.63, 3.8) is 0 Å². The first-order valence-corrected chi connectivity index (χ1v) is 7.21. The molecule has 0 radical (unpaired) electrons. The summed E-state index contributed by atoms with van der Waals surface area (Å²) in [6.07, 6.45) is 2.71. The molecule has 110 valence electrons. The van der Waals surface area contributed by atoms with Crippen LogP contribution in [0.15, 0.2) is 0 Å². The fraction of sp³-hybridized carbons (Fsp3) is 0.929. The Balaban J connectivity index is 2.01. The van der Waals surface area contributed by atoms with Crippen LogP contribution in [0.3, 0.4) is 0 Å². The highest BCUT2D eigenvalue weighted by molar-refractivity contribution is 5.68. The van der Waals surface area contributed by atoms with Crippen LogP contribution in [-0.4, -0.2) is 55.0 Å². The Hall–Kier alpha value is -0.810. The molecule has 1 amide bonds. The average Bonchev–Trinajstić information content (AvgIpc) is 2.51. The van der Waals surface area contributed by atoms with Gasteiger partial charge in [0.1, 0.15) is 5.60 Å². The van der Waals surface area contributed by atoms with Crippen molar-refractivity contribution in [2.45, 2.75) is 51.2 Å². The lowest BCUT2D eigenvalue weighted by atomic mass is 9.89. The normalized spacial score (nSPS) is 24.1. The Morgan fingerprint density at radius 3 is 2.63 bits per heavy atom. The summed E-state index contributed by atoms with van der Waals surface area (Å²) in [6, 6.07) is 0. The van der Waals surface area contributed by atoms with Crippen molar-refractivity contribution in [1.29, 1.82) is 0 Å². The van der Waals surface area contributed by atoms with Crippen LogP contribution >= 0.6 is 0 Å². The lowest BCUT2D eigenvalue weighted by Gasteiger charge is -2.39. The molecule has 1 N–H and O–H groups in total. The maximum Gasteiger partial charge on any atom is 0.410 e. The zero-order valence-electron chi connectivity index (χ0n) is 12.3. The van der Waals surface area contributed by atoms with E-state index in [0.717, 1.165) is 52.1 Å². The first kappa shape index (κ1) is 14.6. The fourth-order valence-corrected chi connectivity index (χ4v) is 2.70. The molecule has 0 saturated carbocycles. The van der Waals surface area contributed by atoms with Gasteiger partial charge in [0.05, 0.1) is 0 Å². The van der Waals surface area contributed by atoms with Crippen LogP contribution in [0.4, 0.5) is 4.79 Å². The smallest absolute Gasteiger partial charge is 0.410 e. The summed E-state index contributed by atoms with van der Waals surface area (Å²) in [7, 11) is 0. The Labute approximate surface area is 115 Å². The van der Waals surface area contributed by atoms with Gasteiger partial charge in [-0.1, -0.05) is 0 Å². The van der Waals surface area contributed by atoms with E-state index in [1.165, 1.54) is 0 Å². The highest BCUT2D eigenvalue weighted by Gasteiger charge is 2.37. The van der Waals surface area contributed by atoms with Crippen molar-refractivity contribution in [3.05, 3.63) is 0 Å². The first-order valence-electron chi connectivity index (χ1n) is 7.21. The third kappa shape index (κ3) is 4.08. The van der Waals surface area contributed by atoms with Gasteiger partial charge in [0.2, 0.25) is 0 Å². The van der Waals surface area contributed by atoms with Gasteiger partial charge in [0.25, 0.3) is 0 Å². The molecule has 0 aromatic heterocycles. The minimum atomic E-state index is -0.431. The van der Waals surface area contributed by atoms with Crippen LogP contribution < -0.4 is 5.32 Å². The van der Waals surface area contributed by atoms with Gasteiger partial charge >= 0.3 is 6.09 Å². The number of ether oxygens (including phenoxy) is 2. The molecule has 19 heavy (non-hydrogen) atoms. The fourth-order valence-electron chi connectivity index (χ4n) is 2.70. The summed E-state index contributed by atoms with van der Waals surface area (Å²) in [5, 5.41) is 3.62. The predicted octanol–water partition coefficient (Wildman–Crippen LogP) is 1.77. The van der Waals surface area contributed by atoms with Gasteiger partial charge in [-0.2, -0.15) is 0 Å². The summed E-state index contributed by atoms with van der Waals surface area (Å²) in [5.41, 5.74) is -0.411. The van der Waals surface area contributed by atoms with E-state index in [9.17, 15) is 4.79 Å². The molecule has 0 atom stereocenters. The molecule has 2 fully saturated rings. The van der Waals surface area contributed by atoms with E-state index >= 15 is 0 Å². The summed E-state index contributed by atoms with van der Waals surface area (Å²) in [4.78, 5) is 14.1. The first-order chi connectivity index (χ1) is 8.90. The number of nitrogens with zero attached hydrogens (tertiary/aromatic N) is 1. The molecular formula is C14H26N2O3.